The number of benzene rings is 1. The zero-order valence-corrected chi connectivity index (χ0v) is 7.18. The van der Waals surface area contributed by atoms with Crippen molar-refractivity contribution in [3.05, 3.63) is 46.3 Å². The Labute approximate surface area is 79.1 Å². The van der Waals surface area contributed by atoms with Gasteiger partial charge in [-0.1, -0.05) is 23.4 Å². The SMILES string of the molecule is O=c1cc(C=NO)c2ccccc2o1. The third-order valence-corrected chi connectivity index (χ3v) is 1.88. The first-order valence-corrected chi connectivity index (χ1v) is 4.01. The molecule has 0 aliphatic carbocycles. The van der Waals surface area contributed by atoms with Crippen molar-refractivity contribution in [3.8, 4) is 0 Å². The molecular weight excluding hydrogens is 182 g/mol. The predicted octanol–water partition coefficient (Wildman–Crippen LogP) is 1.60. The van der Waals surface area contributed by atoms with Crippen LogP contribution in [0.5, 0.6) is 0 Å². The van der Waals surface area contributed by atoms with E-state index in [9.17, 15) is 4.79 Å². The Morgan fingerprint density at radius 3 is 2.93 bits per heavy atom. The highest BCUT2D eigenvalue weighted by Gasteiger charge is 2.01. The number of rotatable bonds is 1. The van der Waals surface area contributed by atoms with E-state index in [1.807, 2.05) is 6.07 Å². The molecule has 2 rings (SSSR count). The van der Waals surface area contributed by atoms with Crippen molar-refractivity contribution in [2.75, 3.05) is 0 Å². The molecule has 0 bridgehead atoms. The molecule has 0 aliphatic rings. The molecule has 0 fully saturated rings. The summed E-state index contributed by atoms with van der Waals surface area (Å²) < 4.78 is 4.95. The van der Waals surface area contributed by atoms with Gasteiger partial charge in [0.25, 0.3) is 0 Å². The number of hydrogen-bond donors (Lipinski definition) is 1. The normalized spacial score (nSPS) is 11.1. The van der Waals surface area contributed by atoms with Crippen LogP contribution in [0, 0.1) is 0 Å². The van der Waals surface area contributed by atoms with Crippen LogP contribution in [0.4, 0.5) is 0 Å². The van der Waals surface area contributed by atoms with E-state index in [2.05, 4.69) is 5.16 Å². The molecule has 1 N–H and O–H groups in total. The van der Waals surface area contributed by atoms with Crippen molar-refractivity contribution < 1.29 is 9.62 Å². The Bertz CT molecular complexity index is 542. The van der Waals surface area contributed by atoms with E-state index in [1.54, 1.807) is 18.2 Å². The Hall–Kier alpha value is -2.10. The lowest BCUT2D eigenvalue weighted by Gasteiger charge is -1.97. The molecule has 0 unspecified atom stereocenters. The van der Waals surface area contributed by atoms with Crippen LogP contribution in [-0.2, 0) is 0 Å². The molecule has 1 aromatic carbocycles. The van der Waals surface area contributed by atoms with Gasteiger partial charge in [0.05, 0.1) is 6.21 Å². The second-order valence-electron chi connectivity index (χ2n) is 2.76. The maximum atomic E-state index is 11.1. The van der Waals surface area contributed by atoms with Crippen LogP contribution in [0.2, 0.25) is 0 Å². The minimum Gasteiger partial charge on any atom is -0.423 e. The third-order valence-electron chi connectivity index (χ3n) is 1.88. The zero-order chi connectivity index (χ0) is 9.97. The summed E-state index contributed by atoms with van der Waals surface area (Å²) in [4.78, 5) is 11.1. The quantitative estimate of drug-likeness (QED) is 0.321. The van der Waals surface area contributed by atoms with Gasteiger partial charge in [-0.2, -0.15) is 0 Å². The molecular formula is C10H7NO3. The molecule has 70 valence electrons. The van der Waals surface area contributed by atoms with E-state index in [0.717, 1.165) is 5.39 Å². The fraction of sp³-hybridized carbons (Fsp3) is 0. The van der Waals surface area contributed by atoms with Gasteiger partial charge in [-0.3, -0.25) is 0 Å². The molecule has 1 aromatic heterocycles. The molecule has 14 heavy (non-hydrogen) atoms. The number of fused-ring (bicyclic) bond motifs is 1. The molecule has 4 heteroatoms. The summed E-state index contributed by atoms with van der Waals surface area (Å²) in [5, 5.41) is 12.0. The molecule has 0 radical (unpaired) electrons. The highest BCUT2D eigenvalue weighted by molar-refractivity contribution is 5.96. The van der Waals surface area contributed by atoms with E-state index < -0.39 is 5.63 Å². The van der Waals surface area contributed by atoms with E-state index in [4.69, 9.17) is 9.62 Å². The zero-order valence-electron chi connectivity index (χ0n) is 7.18. The third kappa shape index (κ3) is 1.37. The number of nitrogens with zero attached hydrogens (tertiary/aromatic N) is 1. The summed E-state index contributed by atoms with van der Waals surface area (Å²) in [6, 6.07) is 8.34. The molecule has 4 nitrogen and oxygen atoms in total. The minimum absolute atomic E-state index is 0.460. The molecule has 0 amide bonds. The van der Waals surface area contributed by atoms with Crippen molar-refractivity contribution in [3.63, 3.8) is 0 Å². The van der Waals surface area contributed by atoms with Gasteiger partial charge in [-0.15, -0.1) is 0 Å². The largest absolute Gasteiger partial charge is 0.423 e. The Kier molecular flexibility index (Phi) is 2.02. The summed E-state index contributed by atoms with van der Waals surface area (Å²) >= 11 is 0. The summed E-state index contributed by atoms with van der Waals surface area (Å²) in [6.45, 7) is 0. The average Bonchev–Trinajstić information content (AvgIpc) is 2.18. The van der Waals surface area contributed by atoms with Crippen molar-refractivity contribution in [2.45, 2.75) is 0 Å². The standard InChI is InChI=1S/C10H7NO3/c12-10-5-7(6-11-13)8-3-1-2-4-9(8)14-10/h1-6,13H. The van der Waals surface area contributed by atoms with E-state index >= 15 is 0 Å². The smallest absolute Gasteiger partial charge is 0.336 e. The lowest BCUT2D eigenvalue weighted by Crippen LogP contribution is -1.99. The minimum atomic E-state index is -0.460. The van der Waals surface area contributed by atoms with Gasteiger partial charge in [0.1, 0.15) is 5.58 Å². The van der Waals surface area contributed by atoms with E-state index in [-0.39, 0.29) is 0 Å². The van der Waals surface area contributed by atoms with Crippen LogP contribution in [0.25, 0.3) is 11.0 Å². The molecule has 0 saturated heterocycles. The van der Waals surface area contributed by atoms with Crippen LogP contribution < -0.4 is 5.63 Å². The average molecular weight is 189 g/mol. The van der Waals surface area contributed by atoms with Crippen LogP contribution >= 0.6 is 0 Å². The van der Waals surface area contributed by atoms with E-state index in [0.29, 0.717) is 11.1 Å². The molecule has 0 atom stereocenters. The van der Waals surface area contributed by atoms with Gasteiger partial charge in [0.15, 0.2) is 0 Å². The number of hydrogen-bond acceptors (Lipinski definition) is 4. The van der Waals surface area contributed by atoms with Gasteiger partial charge in [0, 0.05) is 17.0 Å². The second-order valence-corrected chi connectivity index (χ2v) is 2.76. The van der Waals surface area contributed by atoms with Gasteiger partial charge in [-0.05, 0) is 6.07 Å². The highest BCUT2D eigenvalue weighted by atomic mass is 16.4. The van der Waals surface area contributed by atoms with Crippen molar-refractivity contribution in [1.82, 2.24) is 0 Å². The van der Waals surface area contributed by atoms with Crippen LogP contribution in [-0.4, -0.2) is 11.4 Å². The fourth-order valence-corrected chi connectivity index (χ4v) is 1.31. The first-order valence-electron chi connectivity index (χ1n) is 4.01. The summed E-state index contributed by atoms with van der Waals surface area (Å²) in [5.74, 6) is 0. The van der Waals surface area contributed by atoms with Gasteiger partial charge in [-0.25, -0.2) is 4.79 Å². The Morgan fingerprint density at radius 2 is 2.14 bits per heavy atom. The molecule has 1 heterocycles. The second kappa shape index (κ2) is 3.33. The van der Waals surface area contributed by atoms with Crippen LogP contribution in [0.3, 0.4) is 0 Å². The van der Waals surface area contributed by atoms with Crippen molar-refractivity contribution >= 4 is 17.2 Å². The van der Waals surface area contributed by atoms with Gasteiger partial charge in [0.2, 0.25) is 0 Å². The Balaban J connectivity index is 2.86. The lowest BCUT2D eigenvalue weighted by atomic mass is 10.1. The summed E-state index contributed by atoms with van der Waals surface area (Å²) in [7, 11) is 0. The van der Waals surface area contributed by atoms with Crippen molar-refractivity contribution in [2.24, 2.45) is 5.16 Å². The fourth-order valence-electron chi connectivity index (χ4n) is 1.31. The maximum absolute atomic E-state index is 11.1. The molecule has 0 aliphatic heterocycles. The molecule has 0 spiro atoms. The molecule has 0 saturated carbocycles. The van der Waals surface area contributed by atoms with Crippen LogP contribution in [0.1, 0.15) is 5.56 Å². The Morgan fingerprint density at radius 1 is 1.36 bits per heavy atom. The number of oxime groups is 1. The topological polar surface area (TPSA) is 62.8 Å². The van der Waals surface area contributed by atoms with Crippen LogP contribution in [0.15, 0.2) is 44.7 Å². The van der Waals surface area contributed by atoms with E-state index in [1.165, 1.54) is 12.3 Å². The first-order chi connectivity index (χ1) is 6.81. The summed E-state index contributed by atoms with van der Waals surface area (Å²) in [6.07, 6.45) is 1.21. The van der Waals surface area contributed by atoms with Gasteiger partial charge >= 0.3 is 5.63 Å². The van der Waals surface area contributed by atoms with Crippen molar-refractivity contribution in [1.29, 1.82) is 0 Å². The number of para-hydroxylation sites is 1. The molecule has 2 aromatic rings. The summed E-state index contributed by atoms with van der Waals surface area (Å²) in [5.41, 5.74) is 0.563. The maximum Gasteiger partial charge on any atom is 0.336 e. The first kappa shape index (κ1) is 8.50. The van der Waals surface area contributed by atoms with Gasteiger partial charge < -0.3 is 9.62 Å². The highest BCUT2D eigenvalue weighted by Crippen LogP contribution is 2.14. The lowest BCUT2D eigenvalue weighted by molar-refractivity contribution is 0.322. The predicted molar refractivity (Wildman–Crippen MR) is 51.9 cm³/mol. The monoisotopic (exact) mass is 189 g/mol.